The van der Waals surface area contributed by atoms with Crippen molar-refractivity contribution in [3.63, 3.8) is 0 Å². The van der Waals surface area contributed by atoms with Crippen molar-refractivity contribution in [1.82, 2.24) is 4.98 Å². The molecule has 0 aliphatic heterocycles. The number of methoxy groups -OCH3 is 1. The van der Waals surface area contributed by atoms with Gasteiger partial charge in [-0.25, -0.2) is 0 Å². The molecule has 1 amide bonds. The number of aryl methyl sites for hydroxylation is 1. The van der Waals surface area contributed by atoms with Crippen LogP contribution in [0.4, 0.5) is 5.69 Å². The molecule has 3 aromatic rings. The van der Waals surface area contributed by atoms with Crippen molar-refractivity contribution in [3.05, 3.63) is 59.3 Å². The summed E-state index contributed by atoms with van der Waals surface area (Å²) in [4.78, 5) is 27.4. The van der Waals surface area contributed by atoms with E-state index in [1.54, 1.807) is 31.4 Å². The van der Waals surface area contributed by atoms with E-state index in [-0.39, 0.29) is 11.7 Å². The van der Waals surface area contributed by atoms with E-state index in [0.717, 1.165) is 16.6 Å². The molecule has 24 heavy (non-hydrogen) atoms. The number of carbonyl (C=O) groups excluding carboxylic acids is 2. The molecule has 3 rings (SSSR count). The minimum Gasteiger partial charge on any atom is -0.497 e. The van der Waals surface area contributed by atoms with Gasteiger partial charge < -0.3 is 15.0 Å². The standard InChI is InChI=1S/C19H18N2O3/c1-11-18(16-10-15(24-3)7-8-17(16)20-11)19(23)21-14-6-4-5-13(9-14)12(2)22/h4-10,20H,1-3H3,(H,21,23). The van der Waals surface area contributed by atoms with Crippen LogP contribution >= 0.6 is 0 Å². The number of Topliss-reactive ketones (excluding diaryl/α,β-unsaturated/α-hetero) is 1. The summed E-state index contributed by atoms with van der Waals surface area (Å²) in [5.74, 6) is 0.418. The van der Waals surface area contributed by atoms with Crippen LogP contribution in [0.2, 0.25) is 0 Å². The highest BCUT2D eigenvalue weighted by molar-refractivity contribution is 6.14. The van der Waals surface area contributed by atoms with Crippen molar-refractivity contribution < 1.29 is 14.3 Å². The van der Waals surface area contributed by atoms with E-state index in [1.165, 1.54) is 6.92 Å². The number of hydrogen-bond acceptors (Lipinski definition) is 3. The van der Waals surface area contributed by atoms with Crippen LogP contribution in [0.25, 0.3) is 10.9 Å². The lowest BCUT2D eigenvalue weighted by Crippen LogP contribution is -2.13. The Kier molecular flexibility index (Phi) is 4.08. The van der Waals surface area contributed by atoms with Crippen LogP contribution in [0.5, 0.6) is 5.75 Å². The minimum atomic E-state index is -0.229. The van der Waals surface area contributed by atoms with E-state index in [2.05, 4.69) is 10.3 Å². The minimum absolute atomic E-state index is 0.0425. The molecular formula is C19H18N2O3. The van der Waals surface area contributed by atoms with Crippen LogP contribution in [-0.4, -0.2) is 23.8 Å². The number of hydrogen-bond donors (Lipinski definition) is 2. The summed E-state index contributed by atoms with van der Waals surface area (Å²) in [5, 5.41) is 3.66. The molecule has 0 bridgehead atoms. The average molecular weight is 322 g/mol. The molecule has 0 atom stereocenters. The molecule has 2 N–H and O–H groups in total. The first-order chi connectivity index (χ1) is 11.5. The predicted molar refractivity (Wildman–Crippen MR) is 94.0 cm³/mol. The SMILES string of the molecule is COc1ccc2[nH]c(C)c(C(=O)Nc3cccc(C(C)=O)c3)c2c1. The maximum absolute atomic E-state index is 12.7. The van der Waals surface area contributed by atoms with Crippen LogP contribution in [-0.2, 0) is 0 Å². The summed E-state index contributed by atoms with van der Waals surface area (Å²) >= 11 is 0. The Hall–Kier alpha value is -3.08. The molecule has 2 aromatic carbocycles. The highest BCUT2D eigenvalue weighted by Gasteiger charge is 2.17. The van der Waals surface area contributed by atoms with Crippen LogP contribution in [0.3, 0.4) is 0 Å². The highest BCUT2D eigenvalue weighted by atomic mass is 16.5. The summed E-state index contributed by atoms with van der Waals surface area (Å²) in [6, 6.07) is 12.5. The number of amides is 1. The second-order valence-electron chi connectivity index (χ2n) is 5.63. The molecule has 0 aliphatic carbocycles. The number of nitrogens with one attached hydrogen (secondary N) is 2. The van der Waals surface area contributed by atoms with Gasteiger partial charge in [-0.1, -0.05) is 12.1 Å². The first-order valence-corrected chi connectivity index (χ1v) is 7.58. The Morgan fingerprint density at radius 1 is 1.12 bits per heavy atom. The number of H-pyrrole nitrogens is 1. The lowest BCUT2D eigenvalue weighted by molar-refractivity contribution is 0.101. The Morgan fingerprint density at radius 3 is 2.62 bits per heavy atom. The van der Waals surface area contributed by atoms with Crippen molar-refractivity contribution in [3.8, 4) is 5.75 Å². The van der Waals surface area contributed by atoms with E-state index >= 15 is 0 Å². The van der Waals surface area contributed by atoms with Gasteiger partial charge in [-0.15, -0.1) is 0 Å². The maximum Gasteiger partial charge on any atom is 0.258 e. The normalized spacial score (nSPS) is 10.6. The zero-order valence-corrected chi connectivity index (χ0v) is 13.8. The number of fused-ring (bicyclic) bond motifs is 1. The van der Waals surface area contributed by atoms with Gasteiger partial charge in [0.2, 0.25) is 0 Å². The Labute approximate surface area is 139 Å². The van der Waals surface area contributed by atoms with Gasteiger partial charge in [0.15, 0.2) is 5.78 Å². The second-order valence-corrected chi connectivity index (χ2v) is 5.63. The van der Waals surface area contributed by atoms with E-state index < -0.39 is 0 Å². The third-order valence-corrected chi connectivity index (χ3v) is 3.95. The van der Waals surface area contributed by atoms with Gasteiger partial charge in [0.05, 0.1) is 12.7 Å². The molecular weight excluding hydrogens is 304 g/mol. The number of ether oxygens (including phenoxy) is 1. The van der Waals surface area contributed by atoms with Gasteiger partial charge in [-0.2, -0.15) is 0 Å². The zero-order valence-electron chi connectivity index (χ0n) is 13.8. The number of carbonyl (C=O) groups is 2. The number of anilines is 1. The fraction of sp³-hybridized carbons (Fsp3) is 0.158. The van der Waals surface area contributed by atoms with Crippen LogP contribution in [0.1, 0.15) is 33.3 Å². The van der Waals surface area contributed by atoms with Crippen LogP contribution in [0, 0.1) is 6.92 Å². The quantitative estimate of drug-likeness (QED) is 0.715. The fourth-order valence-electron chi connectivity index (χ4n) is 2.73. The van der Waals surface area contributed by atoms with Crippen molar-refractivity contribution >= 4 is 28.3 Å². The summed E-state index contributed by atoms with van der Waals surface area (Å²) in [5.41, 5.74) is 3.36. The molecule has 122 valence electrons. The number of aromatic amines is 1. The third-order valence-electron chi connectivity index (χ3n) is 3.95. The Balaban J connectivity index is 1.98. The molecule has 0 aliphatic rings. The molecule has 5 nitrogen and oxygen atoms in total. The molecule has 0 saturated heterocycles. The van der Waals surface area contributed by atoms with Crippen molar-refractivity contribution in [2.75, 3.05) is 12.4 Å². The second kappa shape index (κ2) is 6.20. The van der Waals surface area contributed by atoms with Gasteiger partial charge in [0.25, 0.3) is 5.91 Å². The van der Waals surface area contributed by atoms with Crippen molar-refractivity contribution in [2.45, 2.75) is 13.8 Å². The molecule has 0 saturated carbocycles. The first kappa shape index (κ1) is 15.8. The maximum atomic E-state index is 12.7. The Bertz CT molecular complexity index is 941. The number of benzene rings is 2. The fourth-order valence-corrected chi connectivity index (χ4v) is 2.73. The van der Waals surface area contributed by atoms with E-state index in [0.29, 0.717) is 22.6 Å². The number of aromatic nitrogens is 1. The molecule has 0 spiro atoms. The topological polar surface area (TPSA) is 71.2 Å². The molecule has 0 unspecified atom stereocenters. The van der Waals surface area contributed by atoms with Crippen molar-refractivity contribution in [1.29, 1.82) is 0 Å². The monoisotopic (exact) mass is 322 g/mol. The molecule has 0 radical (unpaired) electrons. The first-order valence-electron chi connectivity index (χ1n) is 7.58. The van der Waals surface area contributed by atoms with E-state index in [4.69, 9.17) is 4.74 Å². The van der Waals surface area contributed by atoms with Gasteiger partial charge in [0, 0.05) is 27.8 Å². The summed E-state index contributed by atoms with van der Waals surface area (Å²) in [6.45, 7) is 3.35. The number of rotatable bonds is 4. The zero-order chi connectivity index (χ0) is 17.3. The summed E-state index contributed by atoms with van der Waals surface area (Å²) in [7, 11) is 1.59. The molecule has 1 heterocycles. The predicted octanol–water partition coefficient (Wildman–Crippen LogP) is 3.94. The van der Waals surface area contributed by atoms with Crippen molar-refractivity contribution in [2.24, 2.45) is 0 Å². The lowest BCUT2D eigenvalue weighted by Gasteiger charge is -2.07. The number of ketones is 1. The highest BCUT2D eigenvalue weighted by Crippen LogP contribution is 2.27. The third kappa shape index (κ3) is 2.88. The van der Waals surface area contributed by atoms with Gasteiger partial charge >= 0.3 is 0 Å². The van der Waals surface area contributed by atoms with Gasteiger partial charge in [-0.05, 0) is 44.2 Å². The summed E-state index contributed by atoms with van der Waals surface area (Å²) in [6.07, 6.45) is 0. The van der Waals surface area contributed by atoms with Crippen LogP contribution < -0.4 is 10.1 Å². The van der Waals surface area contributed by atoms with Gasteiger partial charge in [0.1, 0.15) is 5.75 Å². The molecule has 1 aromatic heterocycles. The largest absolute Gasteiger partial charge is 0.497 e. The van der Waals surface area contributed by atoms with Crippen LogP contribution in [0.15, 0.2) is 42.5 Å². The Morgan fingerprint density at radius 2 is 1.92 bits per heavy atom. The van der Waals surface area contributed by atoms with Gasteiger partial charge in [-0.3, -0.25) is 9.59 Å². The summed E-state index contributed by atoms with van der Waals surface area (Å²) < 4.78 is 5.24. The van der Waals surface area contributed by atoms with E-state index in [9.17, 15) is 9.59 Å². The molecule has 0 fully saturated rings. The average Bonchev–Trinajstić information content (AvgIpc) is 2.89. The van der Waals surface area contributed by atoms with E-state index in [1.807, 2.05) is 25.1 Å². The lowest BCUT2D eigenvalue weighted by atomic mass is 10.1. The molecule has 5 heteroatoms. The smallest absolute Gasteiger partial charge is 0.258 e.